The van der Waals surface area contributed by atoms with E-state index < -0.39 is 0 Å². The first-order valence-corrected chi connectivity index (χ1v) is 14.6. The fourth-order valence-electron chi connectivity index (χ4n) is 5.77. The summed E-state index contributed by atoms with van der Waals surface area (Å²) in [7, 11) is 1.51. The largest absolute Gasteiger partial charge is 0.496 e. The zero-order chi connectivity index (χ0) is 29.5. The molecule has 0 unspecified atom stereocenters. The van der Waals surface area contributed by atoms with Crippen LogP contribution in [-0.2, 0) is 17.8 Å². The molecule has 0 atom stereocenters. The van der Waals surface area contributed by atoms with Crippen molar-refractivity contribution in [1.82, 2.24) is 24.7 Å². The zero-order valence-electron chi connectivity index (χ0n) is 24.9. The lowest BCUT2D eigenvalue weighted by molar-refractivity contribution is 0.0397. The predicted octanol–water partition coefficient (Wildman–Crippen LogP) is 4.08. The van der Waals surface area contributed by atoms with Crippen molar-refractivity contribution in [3.63, 3.8) is 0 Å². The van der Waals surface area contributed by atoms with Gasteiger partial charge in [-0.2, -0.15) is 0 Å². The number of H-pyrrole nitrogens is 1. The fraction of sp³-hybridized carbons (Fsp3) is 0.516. The molecule has 222 valence electrons. The summed E-state index contributed by atoms with van der Waals surface area (Å²) in [6.45, 7) is 12.6. The summed E-state index contributed by atoms with van der Waals surface area (Å²) >= 11 is 0. The SMILES string of the molecule is CC.COc1cc(C)[nH]c(=O)c1CNC(=O)c1c(C)n(CC2CCN(C(=O)N3CCOCC3)CC2)c2ccccc12. The molecule has 10 nitrogen and oxygen atoms in total. The number of piperidine rings is 1. The molecule has 0 saturated carbocycles. The maximum Gasteiger partial charge on any atom is 0.320 e. The second-order valence-corrected chi connectivity index (χ2v) is 10.4. The molecule has 2 saturated heterocycles. The van der Waals surface area contributed by atoms with E-state index in [1.54, 1.807) is 13.0 Å². The molecule has 2 aliphatic heterocycles. The number of ether oxygens (including phenoxy) is 2. The van der Waals surface area contributed by atoms with Gasteiger partial charge in [0.15, 0.2) is 0 Å². The van der Waals surface area contributed by atoms with Crippen LogP contribution >= 0.6 is 0 Å². The molecule has 41 heavy (non-hydrogen) atoms. The molecule has 0 aliphatic carbocycles. The van der Waals surface area contributed by atoms with E-state index in [1.807, 2.05) is 54.8 Å². The number of pyridine rings is 1. The minimum Gasteiger partial charge on any atom is -0.496 e. The summed E-state index contributed by atoms with van der Waals surface area (Å²) in [5.41, 5.74) is 3.33. The van der Waals surface area contributed by atoms with E-state index in [1.165, 1.54) is 7.11 Å². The van der Waals surface area contributed by atoms with Crippen molar-refractivity contribution in [3.8, 4) is 5.75 Å². The highest BCUT2D eigenvalue weighted by atomic mass is 16.5. The Morgan fingerprint density at radius 1 is 1.05 bits per heavy atom. The molecular weight excluding hydrogens is 522 g/mol. The van der Waals surface area contributed by atoms with E-state index in [2.05, 4.69) is 14.9 Å². The summed E-state index contributed by atoms with van der Waals surface area (Å²) < 4.78 is 13.0. The number of aromatic nitrogens is 2. The molecule has 2 N–H and O–H groups in total. The molecule has 1 aromatic carbocycles. The highest BCUT2D eigenvalue weighted by Gasteiger charge is 2.29. The zero-order valence-corrected chi connectivity index (χ0v) is 24.9. The Labute approximate surface area is 241 Å². The van der Waals surface area contributed by atoms with Gasteiger partial charge in [0.1, 0.15) is 5.75 Å². The number of para-hydroxylation sites is 1. The monoisotopic (exact) mass is 565 g/mol. The minimum absolute atomic E-state index is 0.0617. The van der Waals surface area contributed by atoms with Crippen molar-refractivity contribution in [3.05, 3.63) is 63.2 Å². The number of carbonyl (C=O) groups excluding carboxylic acids is 2. The number of aromatic amines is 1. The topological polar surface area (TPSA) is 109 Å². The van der Waals surface area contributed by atoms with Gasteiger partial charge in [0, 0.05) is 55.0 Å². The first-order valence-electron chi connectivity index (χ1n) is 14.6. The second-order valence-electron chi connectivity index (χ2n) is 10.4. The van der Waals surface area contributed by atoms with Gasteiger partial charge in [-0.25, -0.2) is 4.79 Å². The number of rotatable bonds is 6. The van der Waals surface area contributed by atoms with E-state index in [9.17, 15) is 14.4 Å². The summed E-state index contributed by atoms with van der Waals surface area (Å²) in [5.74, 6) is 0.629. The number of carbonyl (C=O) groups is 2. The van der Waals surface area contributed by atoms with Crippen LogP contribution in [0.3, 0.4) is 0 Å². The van der Waals surface area contributed by atoms with Gasteiger partial charge in [-0.15, -0.1) is 0 Å². The van der Waals surface area contributed by atoms with Crippen molar-refractivity contribution in [2.24, 2.45) is 5.92 Å². The van der Waals surface area contributed by atoms with Crippen molar-refractivity contribution >= 4 is 22.8 Å². The van der Waals surface area contributed by atoms with E-state index in [0.717, 1.165) is 49.1 Å². The number of urea groups is 1. The number of benzene rings is 1. The van der Waals surface area contributed by atoms with Gasteiger partial charge in [-0.1, -0.05) is 32.0 Å². The number of morpholine rings is 1. The van der Waals surface area contributed by atoms with Gasteiger partial charge in [-0.3, -0.25) is 9.59 Å². The van der Waals surface area contributed by atoms with Crippen LogP contribution in [0.15, 0.2) is 35.1 Å². The van der Waals surface area contributed by atoms with Crippen LogP contribution in [0.2, 0.25) is 0 Å². The highest BCUT2D eigenvalue weighted by molar-refractivity contribution is 6.08. The Bertz CT molecular complexity index is 1410. The van der Waals surface area contributed by atoms with E-state index in [4.69, 9.17) is 9.47 Å². The average molecular weight is 566 g/mol. The third kappa shape index (κ3) is 6.59. The molecule has 5 rings (SSSR count). The van der Waals surface area contributed by atoms with Crippen molar-refractivity contribution in [2.45, 2.75) is 53.6 Å². The van der Waals surface area contributed by atoms with Crippen molar-refractivity contribution in [1.29, 1.82) is 0 Å². The van der Waals surface area contributed by atoms with Gasteiger partial charge < -0.3 is 34.1 Å². The van der Waals surface area contributed by atoms with Gasteiger partial charge in [0.05, 0.1) is 38.0 Å². The third-order valence-electron chi connectivity index (χ3n) is 7.94. The Hall–Kier alpha value is -3.79. The van der Waals surface area contributed by atoms with Crippen LogP contribution in [0, 0.1) is 19.8 Å². The molecule has 4 heterocycles. The van der Waals surface area contributed by atoms with Gasteiger partial charge in [0.25, 0.3) is 11.5 Å². The van der Waals surface area contributed by atoms with E-state index in [-0.39, 0.29) is 24.0 Å². The molecule has 10 heteroatoms. The number of amides is 3. The number of fused-ring (bicyclic) bond motifs is 1. The summed E-state index contributed by atoms with van der Waals surface area (Å²) in [4.78, 5) is 45.5. The summed E-state index contributed by atoms with van der Waals surface area (Å²) in [5, 5.41) is 3.83. The lowest BCUT2D eigenvalue weighted by atomic mass is 9.96. The number of hydrogen-bond acceptors (Lipinski definition) is 5. The molecule has 3 amide bonds. The predicted molar refractivity (Wildman–Crippen MR) is 160 cm³/mol. The Balaban J connectivity index is 0.00000189. The Kier molecular flexibility index (Phi) is 10.1. The van der Waals surface area contributed by atoms with Crippen molar-refractivity contribution in [2.75, 3.05) is 46.5 Å². The number of nitrogens with zero attached hydrogens (tertiary/aromatic N) is 3. The summed E-state index contributed by atoms with van der Waals surface area (Å²) in [6, 6.07) is 9.80. The van der Waals surface area contributed by atoms with Crippen LogP contribution in [0.4, 0.5) is 4.79 Å². The molecule has 3 aromatic rings. The quantitative estimate of drug-likeness (QED) is 0.468. The second kappa shape index (κ2) is 13.7. The molecule has 2 aliphatic rings. The van der Waals surface area contributed by atoms with Crippen molar-refractivity contribution < 1.29 is 19.1 Å². The lowest BCUT2D eigenvalue weighted by Crippen LogP contribution is -2.50. The van der Waals surface area contributed by atoms with Crippen LogP contribution in [0.1, 0.15) is 54.0 Å². The minimum atomic E-state index is -0.273. The molecular formula is C31H43N5O5. The number of methoxy groups -OCH3 is 1. The third-order valence-corrected chi connectivity index (χ3v) is 7.94. The standard InChI is InChI=1S/C29H37N5O5.C2H6/c1-19-16-25(38-3)23(27(35)31-19)17-30-28(36)26-20(2)34(24-7-5-4-6-22(24)26)18-21-8-10-32(11-9-21)29(37)33-12-14-39-15-13-33;1-2/h4-7,16,21H,8-15,17-18H2,1-3H3,(H,30,36)(H,31,35);1-2H3. The molecule has 0 radical (unpaired) electrons. The molecule has 0 bridgehead atoms. The maximum absolute atomic E-state index is 13.5. The first kappa shape index (κ1) is 30.2. The van der Waals surface area contributed by atoms with Crippen LogP contribution in [0.25, 0.3) is 10.9 Å². The summed E-state index contributed by atoms with van der Waals surface area (Å²) in [6.07, 6.45) is 1.83. The Morgan fingerprint density at radius 2 is 1.71 bits per heavy atom. The van der Waals surface area contributed by atoms with Gasteiger partial charge in [0.2, 0.25) is 0 Å². The molecule has 2 fully saturated rings. The van der Waals surface area contributed by atoms with Crippen LogP contribution < -0.4 is 15.6 Å². The normalized spacial score (nSPS) is 15.8. The average Bonchev–Trinajstić information content (AvgIpc) is 3.28. The molecule has 0 spiro atoms. The lowest BCUT2D eigenvalue weighted by Gasteiger charge is -2.37. The Morgan fingerprint density at radius 3 is 2.39 bits per heavy atom. The number of nitrogens with one attached hydrogen (secondary N) is 2. The first-order chi connectivity index (χ1) is 19.9. The highest BCUT2D eigenvalue weighted by Crippen LogP contribution is 2.29. The van der Waals surface area contributed by atoms with Gasteiger partial charge >= 0.3 is 6.03 Å². The van der Waals surface area contributed by atoms with E-state index in [0.29, 0.717) is 54.8 Å². The van der Waals surface area contributed by atoms with E-state index >= 15 is 0 Å². The van der Waals surface area contributed by atoms with Gasteiger partial charge in [-0.05, 0) is 44.7 Å². The van der Waals surface area contributed by atoms with Crippen LogP contribution in [-0.4, -0.2) is 77.8 Å². The number of likely N-dealkylation sites (tertiary alicyclic amines) is 1. The number of aryl methyl sites for hydroxylation is 1. The number of hydrogen-bond donors (Lipinski definition) is 2. The smallest absolute Gasteiger partial charge is 0.320 e. The maximum atomic E-state index is 13.5. The van der Waals surface area contributed by atoms with Crippen LogP contribution in [0.5, 0.6) is 5.75 Å². The fourth-order valence-corrected chi connectivity index (χ4v) is 5.77. The molecule has 2 aromatic heterocycles.